The maximum Gasteiger partial charge on any atom is 0.419 e. The molecule has 0 unspecified atom stereocenters. The van der Waals surface area contributed by atoms with Gasteiger partial charge in [-0.05, 0) is 36.1 Å². The maximum absolute atomic E-state index is 13.4. The second-order valence-electron chi connectivity index (χ2n) is 9.84. The normalized spacial score (nSPS) is 14.6. The van der Waals surface area contributed by atoms with E-state index < -0.39 is 5.76 Å². The zero-order valence-electron chi connectivity index (χ0n) is 22.2. The van der Waals surface area contributed by atoms with Crippen LogP contribution in [0.3, 0.4) is 0 Å². The Labute approximate surface area is 216 Å². The molecule has 2 aromatic rings. The summed E-state index contributed by atoms with van der Waals surface area (Å²) in [5.41, 5.74) is 4.97. The second kappa shape index (κ2) is 11.1. The van der Waals surface area contributed by atoms with E-state index in [1.165, 1.54) is 15.7 Å². The minimum absolute atomic E-state index is 0.0131. The van der Waals surface area contributed by atoms with E-state index >= 15 is 0 Å². The minimum Gasteiger partial charge on any atom is -0.408 e. The van der Waals surface area contributed by atoms with Crippen LogP contribution in [0.15, 0.2) is 56.9 Å². The molecule has 1 aromatic heterocycles. The third-order valence-corrected chi connectivity index (χ3v) is 6.68. The van der Waals surface area contributed by atoms with Crippen molar-refractivity contribution in [2.45, 2.75) is 33.2 Å². The average molecular weight is 509 g/mol. The number of allylic oxidation sites excluding steroid dienone is 3. The van der Waals surface area contributed by atoms with E-state index in [0.29, 0.717) is 42.5 Å². The fourth-order valence-electron chi connectivity index (χ4n) is 4.53. The van der Waals surface area contributed by atoms with Gasteiger partial charge < -0.3 is 20.0 Å². The minimum atomic E-state index is -0.461. The largest absolute Gasteiger partial charge is 0.419 e. The van der Waals surface area contributed by atoms with Gasteiger partial charge in [0.1, 0.15) is 0 Å². The number of fused-ring (bicyclic) bond motifs is 2. The lowest BCUT2D eigenvalue weighted by Crippen LogP contribution is -2.48. The SMILES string of the molecule is Cc1cc2c(cc1N(CC(=O)NCCNC(C)C)CC(=O)N(C)N1C=C3CC=CC=C3C1)oc(=O)n2C. The molecule has 0 atom stereocenters. The Morgan fingerprint density at radius 3 is 2.68 bits per heavy atom. The molecule has 2 amide bonds. The molecule has 10 nitrogen and oxygen atoms in total. The zero-order valence-corrected chi connectivity index (χ0v) is 22.2. The third-order valence-electron chi connectivity index (χ3n) is 6.68. The van der Waals surface area contributed by atoms with Gasteiger partial charge in [-0.25, -0.2) is 4.79 Å². The monoisotopic (exact) mass is 508 g/mol. The first kappa shape index (κ1) is 26.3. The Hall–Kier alpha value is -3.79. The lowest BCUT2D eigenvalue weighted by Gasteiger charge is -2.32. The van der Waals surface area contributed by atoms with Crippen molar-refractivity contribution in [1.82, 2.24) is 25.2 Å². The number of aryl methyl sites for hydroxylation is 2. The number of rotatable bonds is 10. The highest BCUT2D eigenvalue weighted by Gasteiger charge is 2.26. The topological polar surface area (TPSA) is 103 Å². The summed E-state index contributed by atoms with van der Waals surface area (Å²) in [5, 5.41) is 9.69. The van der Waals surface area contributed by atoms with Gasteiger partial charge in [-0.1, -0.05) is 32.1 Å². The van der Waals surface area contributed by atoms with Gasteiger partial charge in [0.2, 0.25) is 5.91 Å². The van der Waals surface area contributed by atoms with E-state index in [2.05, 4.69) is 22.8 Å². The number of nitrogens with one attached hydrogen (secondary N) is 2. The lowest BCUT2D eigenvalue weighted by molar-refractivity contribution is -0.139. The van der Waals surface area contributed by atoms with Crippen molar-refractivity contribution in [3.63, 3.8) is 0 Å². The number of hydrogen-bond donors (Lipinski definition) is 2. The molecule has 1 aliphatic carbocycles. The highest BCUT2D eigenvalue weighted by atomic mass is 16.4. The number of oxazole rings is 1. The van der Waals surface area contributed by atoms with E-state index in [0.717, 1.165) is 12.0 Å². The summed E-state index contributed by atoms with van der Waals surface area (Å²) in [7, 11) is 3.39. The van der Waals surface area contributed by atoms with Crippen molar-refractivity contribution in [1.29, 1.82) is 0 Å². The molecule has 0 radical (unpaired) electrons. The summed E-state index contributed by atoms with van der Waals surface area (Å²) in [6.07, 6.45) is 9.06. The lowest BCUT2D eigenvalue weighted by atomic mass is 10.0. The van der Waals surface area contributed by atoms with Crippen LogP contribution in [-0.4, -0.2) is 72.2 Å². The molecule has 0 fully saturated rings. The maximum atomic E-state index is 13.4. The Morgan fingerprint density at radius 1 is 1.16 bits per heavy atom. The number of carbonyl (C=O) groups is 2. The van der Waals surface area contributed by atoms with Crippen molar-refractivity contribution in [3.05, 3.63) is 63.8 Å². The predicted molar refractivity (Wildman–Crippen MR) is 144 cm³/mol. The third kappa shape index (κ3) is 5.96. The number of likely N-dealkylation sites (N-methyl/N-ethyl adjacent to an activating group) is 1. The van der Waals surface area contributed by atoms with Crippen LogP contribution in [-0.2, 0) is 16.6 Å². The smallest absolute Gasteiger partial charge is 0.408 e. The van der Waals surface area contributed by atoms with Crippen molar-refractivity contribution >= 4 is 28.6 Å². The molecular weight excluding hydrogens is 472 g/mol. The summed E-state index contributed by atoms with van der Waals surface area (Å²) in [4.78, 5) is 40.1. The van der Waals surface area contributed by atoms with E-state index in [9.17, 15) is 14.4 Å². The summed E-state index contributed by atoms with van der Waals surface area (Å²) < 4.78 is 6.83. The number of amides is 2. The molecule has 10 heteroatoms. The number of carbonyl (C=O) groups excluding carboxylic acids is 2. The molecule has 0 spiro atoms. The summed E-state index contributed by atoms with van der Waals surface area (Å²) in [6.45, 7) is 7.72. The van der Waals surface area contributed by atoms with Crippen LogP contribution in [0.5, 0.6) is 0 Å². The fourth-order valence-corrected chi connectivity index (χ4v) is 4.53. The van der Waals surface area contributed by atoms with Crippen LogP contribution in [0.25, 0.3) is 11.1 Å². The van der Waals surface area contributed by atoms with Gasteiger partial charge >= 0.3 is 5.76 Å². The molecule has 1 aliphatic heterocycles. The summed E-state index contributed by atoms with van der Waals surface area (Å²) in [5.74, 6) is -0.815. The molecule has 4 rings (SSSR count). The second-order valence-corrected chi connectivity index (χ2v) is 9.84. The molecule has 2 aliphatic rings. The van der Waals surface area contributed by atoms with Gasteiger partial charge in [0.25, 0.3) is 5.91 Å². The van der Waals surface area contributed by atoms with Crippen molar-refractivity contribution < 1.29 is 14.0 Å². The quantitative estimate of drug-likeness (QED) is 0.472. The zero-order chi connectivity index (χ0) is 26.7. The molecule has 0 saturated carbocycles. The Bertz CT molecular complexity index is 1330. The molecule has 37 heavy (non-hydrogen) atoms. The van der Waals surface area contributed by atoms with Crippen LogP contribution in [0.4, 0.5) is 5.69 Å². The van der Waals surface area contributed by atoms with Gasteiger partial charge in [-0.2, -0.15) is 0 Å². The first-order valence-electron chi connectivity index (χ1n) is 12.6. The number of hydrazine groups is 1. The molecule has 0 saturated heterocycles. The summed E-state index contributed by atoms with van der Waals surface area (Å²) >= 11 is 0. The fraction of sp³-hybridized carbons (Fsp3) is 0.444. The van der Waals surface area contributed by atoms with Gasteiger partial charge in [0, 0.05) is 51.2 Å². The van der Waals surface area contributed by atoms with Crippen molar-refractivity contribution in [3.8, 4) is 0 Å². The highest BCUT2D eigenvalue weighted by molar-refractivity contribution is 5.89. The van der Waals surface area contributed by atoms with E-state index in [1.54, 1.807) is 30.1 Å². The molecule has 0 bridgehead atoms. The molecule has 1 aromatic carbocycles. The number of aromatic nitrogens is 1. The molecule has 2 heterocycles. The predicted octanol–water partition coefficient (Wildman–Crippen LogP) is 1.82. The van der Waals surface area contributed by atoms with Crippen LogP contribution < -0.4 is 21.3 Å². The highest BCUT2D eigenvalue weighted by Crippen LogP contribution is 2.29. The number of nitrogens with zero attached hydrogens (tertiary/aromatic N) is 4. The average Bonchev–Trinajstić information content (AvgIpc) is 3.41. The molecular formula is C27H36N6O4. The van der Waals surface area contributed by atoms with Crippen LogP contribution in [0.1, 0.15) is 25.8 Å². The molecule has 198 valence electrons. The van der Waals surface area contributed by atoms with Gasteiger partial charge in [-0.3, -0.25) is 24.2 Å². The number of anilines is 1. The Morgan fingerprint density at radius 2 is 1.95 bits per heavy atom. The summed E-state index contributed by atoms with van der Waals surface area (Å²) in [6, 6.07) is 3.90. The first-order valence-corrected chi connectivity index (χ1v) is 12.6. The number of benzene rings is 1. The van der Waals surface area contributed by atoms with Crippen molar-refractivity contribution in [2.24, 2.45) is 7.05 Å². The van der Waals surface area contributed by atoms with Gasteiger partial charge in [-0.15, -0.1) is 0 Å². The van der Waals surface area contributed by atoms with E-state index in [1.807, 2.05) is 44.1 Å². The number of hydrogen-bond acceptors (Lipinski definition) is 7. The van der Waals surface area contributed by atoms with E-state index in [4.69, 9.17) is 4.42 Å². The van der Waals surface area contributed by atoms with Gasteiger partial charge in [0.15, 0.2) is 5.58 Å². The van der Waals surface area contributed by atoms with Crippen LogP contribution in [0, 0.1) is 6.92 Å². The first-order chi connectivity index (χ1) is 17.6. The standard InChI is InChI=1S/C27H36N6O4/c1-18(2)28-10-11-29-25(34)16-32(22-13-24-23(12-19(22)3)30(4)27(36)37-24)17-26(35)31(5)33-14-20-8-6-7-9-21(20)15-33/h6-8,12-13,15,18,28H,9-11,14,16-17H2,1-5H3,(H,29,34). The Balaban J connectivity index is 1.54. The van der Waals surface area contributed by atoms with Crippen LogP contribution >= 0.6 is 0 Å². The van der Waals surface area contributed by atoms with Crippen LogP contribution in [0.2, 0.25) is 0 Å². The van der Waals surface area contributed by atoms with E-state index in [-0.39, 0.29) is 24.9 Å². The molecule has 2 N–H and O–H groups in total. The Kier molecular flexibility index (Phi) is 7.87. The van der Waals surface area contributed by atoms with Crippen molar-refractivity contribution in [2.75, 3.05) is 44.7 Å². The van der Waals surface area contributed by atoms with Gasteiger partial charge in [0.05, 0.1) is 25.2 Å².